The van der Waals surface area contributed by atoms with Gasteiger partial charge in [-0.25, -0.2) is 4.39 Å². The van der Waals surface area contributed by atoms with Crippen LogP contribution in [0, 0.1) is 24.6 Å². The molecule has 5 rings (SSSR count). The van der Waals surface area contributed by atoms with Crippen LogP contribution < -0.4 is 0 Å². The van der Waals surface area contributed by atoms with E-state index in [1.165, 1.54) is 55.7 Å². The van der Waals surface area contributed by atoms with Crippen LogP contribution in [0.15, 0.2) is 24.3 Å². The summed E-state index contributed by atoms with van der Waals surface area (Å²) in [7, 11) is 0. The Morgan fingerprint density at radius 1 is 1.09 bits per heavy atom. The third-order valence-corrected chi connectivity index (χ3v) is 8.11. The van der Waals surface area contributed by atoms with Gasteiger partial charge in [0.2, 0.25) is 0 Å². The fourth-order valence-electron chi connectivity index (χ4n) is 6.36. The van der Waals surface area contributed by atoms with Crippen molar-refractivity contribution < 1.29 is 13.9 Å². The first-order valence-electron chi connectivity index (χ1n) is 12.5. The van der Waals surface area contributed by atoms with Gasteiger partial charge in [-0.05, 0) is 101 Å². The van der Waals surface area contributed by atoms with E-state index in [-0.39, 0.29) is 5.82 Å². The molecular formula is C27H37FN2O2. The summed E-state index contributed by atoms with van der Waals surface area (Å²) < 4.78 is 25.8. The van der Waals surface area contributed by atoms with Gasteiger partial charge in [-0.2, -0.15) is 0 Å². The van der Waals surface area contributed by atoms with E-state index in [1.807, 2.05) is 12.1 Å². The zero-order valence-corrected chi connectivity index (χ0v) is 19.6. The summed E-state index contributed by atoms with van der Waals surface area (Å²) >= 11 is 0. The number of hydrogen-bond acceptors (Lipinski definition) is 3. The number of nitrogens with one attached hydrogen (secondary N) is 1. The molecule has 3 aliphatic rings. The maximum atomic E-state index is 13.5. The molecule has 2 saturated heterocycles. The van der Waals surface area contributed by atoms with Gasteiger partial charge in [0, 0.05) is 22.9 Å². The number of ether oxygens (including phenoxy) is 2. The number of nitrogens with zero attached hydrogens (tertiary/aromatic N) is 1. The Balaban J connectivity index is 1.16. The van der Waals surface area contributed by atoms with Gasteiger partial charge in [0.05, 0.1) is 13.2 Å². The van der Waals surface area contributed by atoms with E-state index in [9.17, 15) is 4.39 Å². The number of hydrogen-bond donors (Lipinski definition) is 1. The first-order valence-corrected chi connectivity index (χ1v) is 12.5. The van der Waals surface area contributed by atoms with Crippen LogP contribution >= 0.6 is 0 Å². The van der Waals surface area contributed by atoms with Crippen molar-refractivity contribution in [3.63, 3.8) is 0 Å². The molecule has 2 aliphatic heterocycles. The normalized spacial score (nSPS) is 24.0. The number of aromatic amines is 1. The van der Waals surface area contributed by atoms with Crippen molar-refractivity contribution >= 4 is 0 Å². The molecule has 1 unspecified atom stereocenters. The Morgan fingerprint density at radius 2 is 1.81 bits per heavy atom. The van der Waals surface area contributed by atoms with Gasteiger partial charge in [-0.15, -0.1) is 0 Å². The predicted octanol–water partition coefficient (Wildman–Crippen LogP) is 5.13. The van der Waals surface area contributed by atoms with Crippen molar-refractivity contribution in [3.05, 3.63) is 58.2 Å². The maximum absolute atomic E-state index is 13.5. The molecule has 2 fully saturated rings. The first-order chi connectivity index (χ1) is 15.6. The molecule has 1 N–H and O–H groups in total. The summed E-state index contributed by atoms with van der Waals surface area (Å²) in [6, 6.07) is 6.70. The van der Waals surface area contributed by atoms with Crippen LogP contribution in [-0.2, 0) is 34.5 Å². The number of aryl methyl sites for hydroxylation is 2. The lowest BCUT2D eigenvalue weighted by atomic mass is 9.82. The molecule has 1 atom stereocenters. The Bertz CT molecular complexity index is 908. The number of benzene rings is 1. The third-order valence-electron chi connectivity index (χ3n) is 8.11. The molecule has 32 heavy (non-hydrogen) atoms. The van der Waals surface area contributed by atoms with Crippen molar-refractivity contribution in [1.82, 2.24) is 9.88 Å². The van der Waals surface area contributed by atoms with Crippen LogP contribution in [0.2, 0.25) is 0 Å². The average Bonchev–Trinajstić information content (AvgIpc) is 3.43. The highest BCUT2D eigenvalue weighted by molar-refractivity contribution is 5.38. The molecule has 0 saturated carbocycles. The van der Waals surface area contributed by atoms with E-state index >= 15 is 0 Å². The van der Waals surface area contributed by atoms with Crippen molar-refractivity contribution in [1.29, 1.82) is 0 Å². The topological polar surface area (TPSA) is 37.5 Å². The standard InChI is InChI=1S/C27H37FN2O2/c1-3-24-19(2)29-26-9-4-20(18-25(24)26)10-13-30-14-11-22(12-15-30)27(31-16-17-32-27)21-5-7-23(28)8-6-21/h5-8,20,22,29H,3-4,9-18H2,1-2H3. The van der Waals surface area contributed by atoms with Crippen molar-refractivity contribution in [2.45, 2.75) is 64.6 Å². The summed E-state index contributed by atoms with van der Waals surface area (Å²) in [5, 5.41) is 0. The summed E-state index contributed by atoms with van der Waals surface area (Å²) in [5.74, 6) is 0.210. The molecule has 5 heteroatoms. The van der Waals surface area contributed by atoms with Crippen LogP contribution in [0.4, 0.5) is 4.39 Å². The average molecular weight is 441 g/mol. The summed E-state index contributed by atoms with van der Waals surface area (Å²) in [6.45, 7) is 9.08. The largest absolute Gasteiger partial charge is 0.362 e. The fraction of sp³-hybridized carbons (Fsp3) is 0.630. The lowest BCUT2D eigenvalue weighted by molar-refractivity contribution is -0.214. The number of piperidine rings is 1. The molecule has 1 aromatic heterocycles. The van der Waals surface area contributed by atoms with Crippen LogP contribution in [-0.4, -0.2) is 42.7 Å². The van der Waals surface area contributed by atoms with Crippen LogP contribution in [0.25, 0.3) is 0 Å². The number of halogens is 1. The second-order valence-electron chi connectivity index (χ2n) is 9.92. The molecule has 4 nitrogen and oxygen atoms in total. The van der Waals surface area contributed by atoms with E-state index < -0.39 is 5.79 Å². The fourth-order valence-corrected chi connectivity index (χ4v) is 6.36. The zero-order valence-electron chi connectivity index (χ0n) is 19.6. The van der Waals surface area contributed by atoms with Gasteiger partial charge in [0.1, 0.15) is 5.82 Å². The number of aromatic nitrogens is 1. The highest BCUT2D eigenvalue weighted by Gasteiger charge is 2.46. The minimum atomic E-state index is -0.692. The molecule has 0 spiro atoms. The smallest absolute Gasteiger partial charge is 0.197 e. The molecule has 1 aliphatic carbocycles. The van der Waals surface area contributed by atoms with Gasteiger partial charge in [0.25, 0.3) is 0 Å². The summed E-state index contributed by atoms with van der Waals surface area (Å²) in [6.07, 6.45) is 8.30. The molecule has 3 heterocycles. The third kappa shape index (κ3) is 4.15. The van der Waals surface area contributed by atoms with E-state index in [4.69, 9.17) is 9.47 Å². The second-order valence-corrected chi connectivity index (χ2v) is 9.92. The number of fused-ring (bicyclic) bond motifs is 1. The molecule has 0 radical (unpaired) electrons. The van der Waals surface area contributed by atoms with Crippen LogP contribution in [0.3, 0.4) is 0 Å². The molecular weight excluding hydrogens is 403 g/mol. The minimum Gasteiger partial charge on any atom is -0.362 e. The highest BCUT2D eigenvalue weighted by Crippen LogP contribution is 2.43. The Morgan fingerprint density at radius 3 is 2.50 bits per heavy atom. The SMILES string of the molecule is CCc1c(C)[nH]c2c1CC(CCN1CCC(C3(c4ccc(F)cc4)OCCO3)CC1)CC2. The highest BCUT2D eigenvalue weighted by atomic mass is 19.1. The van der Waals surface area contributed by atoms with Gasteiger partial charge in [-0.3, -0.25) is 0 Å². The van der Waals surface area contributed by atoms with E-state index in [0.717, 1.165) is 43.8 Å². The molecule has 0 bridgehead atoms. The second kappa shape index (κ2) is 9.28. The Labute approximate surface area is 191 Å². The Hall–Kier alpha value is -1.69. The lowest BCUT2D eigenvalue weighted by Gasteiger charge is -2.41. The van der Waals surface area contributed by atoms with Crippen LogP contribution in [0.1, 0.15) is 60.7 Å². The van der Waals surface area contributed by atoms with Gasteiger partial charge >= 0.3 is 0 Å². The molecule has 1 aromatic carbocycles. The molecule has 2 aromatic rings. The quantitative estimate of drug-likeness (QED) is 0.677. The van der Waals surface area contributed by atoms with Crippen molar-refractivity contribution in [3.8, 4) is 0 Å². The van der Waals surface area contributed by atoms with Gasteiger partial charge in [-0.1, -0.05) is 19.1 Å². The number of rotatable bonds is 6. The molecule has 0 amide bonds. The van der Waals surface area contributed by atoms with Crippen LogP contribution in [0.5, 0.6) is 0 Å². The van der Waals surface area contributed by atoms with Crippen molar-refractivity contribution in [2.75, 3.05) is 32.8 Å². The zero-order chi connectivity index (χ0) is 22.1. The number of H-pyrrole nitrogens is 1. The predicted molar refractivity (Wildman–Crippen MR) is 124 cm³/mol. The van der Waals surface area contributed by atoms with Gasteiger partial charge < -0.3 is 19.4 Å². The van der Waals surface area contributed by atoms with E-state index in [2.05, 4.69) is 23.7 Å². The molecule has 174 valence electrons. The maximum Gasteiger partial charge on any atom is 0.197 e. The lowest BCUT2D eigenvalue weighted by Crippen LogP contribution is -2.44. The summed E-state index contributed by atoms with van der Waals surface area (Å²) in [5.41, 5.74) is 7.03. The van der Waals surface area contributed by atoms with Gasteiger partial charge in [0.15, 0.2) is 5.79 Å². The first kappa shape index (κ1) is 22.1. The van der Waals surface area contributed by atoms with E-state index in [1.54, 1.807) is 11.1 Å². The number of likely N-dealkylation sites (tertiary alicyclic amines) is 1. The van der Waals surface area contributed by atoms with Crippen molar-refractivity contribution in [2.24, 2.45) is 11.8 Å². The summed E-state index contributed by atoms with van der Waals surface area (Å²) in [4.78, 5) is 6.27. The van der Waals surface area contributed by atoms with E-state index in [0.29, 0.717) is 19.1 Å². The Kier molecular flexibility index (Phi) is 6.42. The minimum absolute atomic E-state index is 0.215. The monoisotopic (exact) mass is 440 g/mol.